The molecule has 0 N–H and O–H groups in total. The van der Waals surface area contributed by atoms with Crippen molar-refractivity contribution in [1.82, 2.24) is 14.3 Å². The minimum atomic E-state index is 0.0147. The number of pyridine rings is 1. The summed E-state index contributed by atoms with van der Waals surface area (Å²) in [6.07, 6.45) is 3.79. The van der Waals surface area contributed by atoms with Gasteiger partial charge in [0, 0.05) is 17.2 Å². The molecular formula is C17H16BrN3O. The van der Waals surface area contributed by atoms with Crippen LogP contribution in [0, 0.1) is 0 Å². The van der Waals surface area contributed by atoms with Crippen LogP contribution in [0.4, 0.5) is 0 Å². The van der Waals surface area contributed by atoms with Crippen LogP contribution in [0.1, 0.15) is 23.0 Å². The van der Waals surface area contributed by atoms with Crippen LogP contribution >= 0.6 is 15.9 Å². The van der Waals surface area contributed by atoms with E-state index in [0.717, 1.165) is 15.8 Å². The van der Waals surface area contributed by atoms with E-state index in [1.807, 2.05) is 71.1 Å². The highest BCUT2D eigenvalue weighted by Gasteiger charge is 2.18. The van der Waals surface area contributed by atoms with E-state index in [9.17, 15) is 4.79 Å². The number of carbonyl (C=O) groups is 1. The summed E-state index contributed by atoms with van der Waals surface area (Å²) in [6.45, 7) is 3.15. The molecule has 3 rings (SSSR count). The van der Waals surface area contributed by atoms with Crippen LogP contribution in [-0.4, -0.2) is 26.7 Å². The van der Waals surface area contributed by atoms with E-state index < -0.39 is 0 Å². The molecule has 2 aromatic heterocycles. The minimum Gasteiger partial charge on any atom is -0.333 e. The predicted molar refractivity (Wildman–Crippen MR) is 89.7 cm³/mol. The van der Waals surface area contributed by atoms with E-state index >= 15 is 0 Å². The van der Waals surface area contributed by atoms with Crippen LogP contribution in [0.2, 0.25) is 0 Å². The second kappa shape index (κ2) is 6.32. The fourth-order valence-electron chi connectivity index (χ4n) is 2.43. The number of nitrogens with zero attached hydrogens (tertiary/aromatic N) is 3. The van der Waals surface area contributed by atoms with Gasteiger partial charge in [0.25, 0.3) is 5.91 Å². The molecule has 0 saturated carbocycles. The monoisotopic (exact) mass is 357 g/mol. The third-order valence-electron chi connectivity index (χ3n) is 3.62. The molecule has 0 radical (unpaired) electrons. The highest BCUT2D eigenvalue weighted by atomic mass is 79.9. The van der Waals surface area contributed by atoms with E-state index in [-0.39, 0.29) is 5.91 Å². The van der Waals surface area contributed by atoms with E-state index in [4.69, 9.17) is 0 Å². The second-order valence-corrected chi connectivity index (χ2v) is 5.83. The third kappa shape index (κ3) is 2.76. The smallest absolute Gasteiger partial charge is 0.255 e. The number of amides is 1. The fourth-order valence-corrected chi connectivity index (χ4v) is 2.88. The van der Waals surface area contributed by atoms with Gasteiger partial charge in [-0.25, -0.2) is 4.98 Å². The zero-order valence-corrected chi connectivity index (χ0v) is 13.8. The maximum atomic E-state index is 12.7. The molecule has 0 atom stereocenters. The Hall–Kier alpha value is -2.14. The first-order chi connectivity index (χ1) is 10.7. The zero-order chi connectivity index (χ0) is 15.5. The summed E-state index contributed by atoms with van der Waals surface area (Å²) in [5.41, 5.74) is 2.57. The lowest BCUT2D eigenvalue weighted by Crippen LogP contribution is -2.31. The Morgan fingerprint density at radius 2 is 2.00 bits per heavy atom. The summed E-state index contributed by atoms with van der Waals surface area (Å²) < 4.78 is 2.83. The Labute approximate surface area is 137 Å². The number of rotatable bonds is 4. The molecule has 112 valence electrons. The summed E-state index contributed by atoms with van der Waals surface area (Å²) in [5.74, 6) is 0.0147. The topological polar surface area (TPSA) is 37.6 Å². The predicted octanol–water partition coefficient (Wildman–Crippen LogP) is 3.76. The van der Waals surface area contributed by atoms with Gasteiger partial charge in [-0.05, 0) is 47.1 Å². The molecule has 0 fully saturated rings. The summed E-state index contributed by atoms with van der Waals surface area (Å²) in [7, 11) is 0. The van der Waals surface area contributed by atoms with Crippen molar-refractivity contribution < 1.29 is 4.79 Å². The Morgan fingerprint density at radius 1 is 1.23 bits per heavy atom. The quantitative estimate of drug-likeness (QED) is 0.712. The molecule has 3 aromatic rings. The SMILES string of the molecule is CCN(Cc1cnc2ccccn12)C(=O)c1ccccc1Br. The third-order valence-corrected chi connectivity index (χ3v) is 4.31. The van der Waals surface area contributed by atoms with Crippen LogP contribution in [-0.2, 0) is 6.54 Å². The van der Waals surface area contributed by atoms with E-state index in [1.165, 1.54) is 0 Å². The van der Waals surface area contributed by atoms with E-state index in [2.05, 4.69) is 20.9 Å². The van der Waals surface area contributed by atoms with Crippen molar-refractivity contribution >= 4 is 27.5 Å². The van der Waals surface area contributed by atoms with Gasteiger partial charge in [-0.1, -0.05) is 18.2 Å². The fraction of sp³-hybridized carbons (Fsp3) is 0.176. The molecule has 0 saturated heterocycles. The summed E-state index contributed by atoms with van der Waals surface area (Å²) >= 11 is 3.45. The van der Waals surface area contributed by atoms with Gasteiger partial charge in [0.15, 0.2) is 0 Å². The molecule has 0 unspecified atom stereocenters. The van der Waals surface area contributed by atoms with Crippen LogP contribution in [0.25, 0.3) is 5.65 Å². The lowest BCUT2D eigenvalue weighted by molar-refractivity contribution is 0.0749. The highest BCUT2D eigenvalue weighted by Crippen LogP contribution is 2.19. The van der Waals surface area contributed by atoms with Gasteiger partial charge in [-0.3, -0.25) is 4.79 Å². The molecule has 2 heterocycles. The lowest BCUT2D eigenvalue weighted by atomic mass is 10.2. The van der Waals surface area contributed by atoms with Crippen LogP contribution in [0.15, 0.2) is 59.3 Å². The Kier molecular flexibility index (Phi) is 4.24. The molecule has 4 nitrogen and oxygen atoms in total. The van der Waals surface area contributed by atoms with Crippen molar-refractivity contribution in [3.8, 4) is 0 Å². The van der Waals surface area contributed by atoms with Crippen molar-refractivity contribution in [2.75, 3.05) is 6.54 Å². The highest BCUT2D eigenvalue weighted by molar-refractivity contribution is 9.10. The van der Waals surface area contributed by atoms with Crippen molar-refractivity contribution in [3.05, 3.63) is 70.6 Å². The molecule has 22 heavy (non-hydrogen) atoms. The first kappa shape index (κ1) is 14.8. The Balaban J connectivity index is 1.89. The van der Waals surface area contributed by atoms with Gasteiger partial charge >= 0.3 is 0 Å². The number of benzene rings is 1. The van der Waals surface area contributed by atoms with E-state index in [1.54, 1.807) is 0 Å². The lowest BCUT2D eigenvalue weighted by Gasteiger charge is -2.21. The molecule has 0 bridgehead atoms. The number of carbonyl (C=O) groups excluding carboxylic acids is 1. The van der Waals surface area contributed by atoms with Crippen molar-refractivity contribution in [1.29, 1.82) is 0 Å². The molecule has 0 aliphatic rings. The van der Waals surface area contributed by atoms with Crippen LogP contribution in [0.5, 0.6) is 0 Å². The van der Waals surface area contributed by atoms with Gasteiger partial charge in [0.05, 0.1) is 24.0 Å². The van der Waals surface area contributed by atoms with Crippen molar-refractivity contribution in [2.24, 2.45) is 0 Å². The number of halogens is 1. The maximum Gasteiger partial charge on any atom is 0.255 e. The Bertz CT molecular complexity index is 812. The number of imidazole rings is 1. The van der Waals surface area contributed by atoms with Crippen LogP contribution < -0.4 is 0 Å². The molecule has 1 amide bonds. The summed E-state index contributed by atoms with van der Waals surface area (Å²) in [4.78, 5) is 18.9. The van der Waals surface area contributed by atoms with Gasteiger partial charge in [-0.15, -0.1) is 0 Å². The first-order valence-electron chi connectivity index (χ1n) is 7.15. The zero-order valence-electron chi connectivity index (χ0n) is 12.2. The normalized spacial score (nSPS) is 10.8. The minimum absolute atomic E-state index is 0.0147. The average molecular weight is 358 g/mol. The van der Waals surface area contributed by atoms with Gasteiger partial charge in [-0.2, -0.15) is 0 Å². The van der Waals surface area contributed by atoms with E-state index in [0.29, 0.717) is 18.7 Å². The van der Waals surface area contributed by atoms with Crippen molar-refractivity contribution in [2.45, 2.75) is 13.5 Å². The van der Waals surface area contributed by atoms with Gasteiger partial charge < -0.3 is 9.30 Å². The van der Waals surface area contributed by atoms with Crippen LogP contribution in [0.3, 0.4) is 0 Å². The molecule has 5 heteroatoms. The second-order valence-electron chi connectivity index (χ2n) is 4.98. The molecular weight excluding hydrogens is 342 g/mol. The number of hydrogen-bond acceptors (Lipinski definition) is 2. The molecule has 0 aliphatic heterocycles. The molecule has 1 aromatic carbocycles. The summed E-state index contributed by atoms with van der Waals surface area (Å²) in [5, 5.41) is 0. The standard InChI is InChI=1S/C17H16BrN3O/c1-2-20(17(22)14-7-3-4-8-15(14)18)12-13-11-19-16-9-5-6-10-21(13)16/h3-11H,2,12H2,1H3. The molecule has 0 spiro atoms. The van der Waals surface area contributed by atoms with Gasteiger partial charge in [0.1, 0.15) is 5.65 Å². The Morgan fingerprint density at radius 3 is 2.77 bits per heavy atom. The maximum absolute atomic E-state index is 12.7. The van der Waals surface area contributed by atoms with Crippen molar-refractivity contribution in [3.63, 3.8) is 0 Å². The largest absolute Gasteiger partial charge is 0.333 e. The number of hydrogen-bond donors (Lipinski definition) is 0. The van der Waals surface area contributed by atoms with Gasteiger partial charge in [0.2, 0.25) is 0 Å². The number of fused-ring (bicyclic) bond motifs is 1. The summed E-state index contributed by atoms with van der Waals surface area (Å²) in [6, 6.07) is 13.4. The average Bonchev–Trinajstić information content (AvgIpc) is 2.95. The number of aromatic nitrogens is 2. The first-order valence-corrected chi connectivity index (χ1v) is 7.94. The molecule has 0 aliphatic carbocycles.